The molecule has 0 saturated heterocycles. The van der Waals surface area contributed by atoms with Crippen LogP contribution < -0.4 is 10.6 Å². The summed E-state index contributed by atoms with van der Waals surface area (Å²) in [5.74, 6) is -0.174. The van der Waals surface area contributed by atoms with Crippen LogP contribution in [0.4, 0.5) is 0 Å². The maximum atomic E-state index is 12.1. The van der Waals surface area contributed by atoms with Gasteiger partial charge in [0.1, 0.15) is 5.69 Å². The summed E-state index contributed by atoms with van der Waals surface area (Å²) in [4.78, 5) is 23.9. The molecule has 0 aromatic carbocycles. The molecule has 2 heterocycles. The fraction of sp³-hybridized carbons (Fsp3) is 0.385. The summed E-state index contributed by atoms with van der Waals surface area (Å²) in [5, 5.41) is 5.59. The van der Waals surface area contributed by atoms with Crippen molar-refractivity contribution in [2.75, 3.05) is 13.6 Å². The third-order valence-electron chi connectivity index (χ3n) is 3.25. The summed E-state index contributed by atoms with van der Waals surface area (Å²) in [7, 11) is 1.74. The third kappa shape index (κ3) is 1.81. The number of hydrogen-bond acceptors (Lipinski definition) is 3. The van der Waals surface area contributed by atoms with Crippen molar-refractivity contribution in [1.82, 2.24) is 15.2 Å². The molecule has 0 radical (unpaired) electrons. The van der Waals surface area contributed by atoms with Crippen LogP contribution in [0.5, 0.6) is 0 Å². The van der Waals surface area contributed by atoms with Gasteiger partial charge >= 0.3 is 0 Å². The van der Waals surface area contributed by atoms with Crippen LogP contribution in [0, 0.1) is 13.8 Å². The summed E-state index contributed by atoms with van der Waals surface area (Å²) in [5.41, 5.74) is 2.87. The SMILES string of the molecule is CN/C=C/C(=O)c1c(C)c2n(c1C)CCNC2=O. The fourth-order valence-electron chi connectivity index (χ4n) is 2.44. The van der Waals surface area contributed by atoms with Crippen LogP contribution in [-0.4, -0.2) is 29.8 Å². The molecule has 2 rings (SSSR count). The molecule has 0 bridgehead atoms. The molecule has 1 amide bonds. The van der Waals surface area contributed by atoms with Crippen LogP contribution in [0.15, 0.2) is 12.3 Å². The van der Waals surface area contributed by atoms with Crippen molar-refractivity contribution in [2.45, 2.75) is 20.4 Å². The van der Waals surface area contributed by atoms with Gasteiger partial charge in [0.15, 0.2) is 5.78 Å². The lowest BCUT2D eigenvalue weighted by Crippen LogP contribution is -2.35. The number of carbonyl (C=O) groups excluding carboxylic acids is 2. The minimum absolute atomic E-state index is 0.0750. The fourth-order valence-corrected chi connectivity index (χ4v) is 2.44. The molecule has 0 fully saturated rings. The summed E-state index contributed by atoms with van der Waals surface area (Å²) in [6.07, 6.45) is 3.08. The van der Waals surface area contributed by atoms with Gasteiger partial charge in [0.25, 0.3) is 5.91 Å². The third-order valence-corrected chi connectivity index (χ3v) is 3.25. The van der Waals surface area contributed by atoms with Crippen molar-refractivity contribution < 1.29 is 9.59 Å². The Morgan fingerprint density at radius 1 is 1.44 bits per heavy atom. The predicted octanol–water partition coefficient (Wildman–Crippen LogP) is 0.764. The number of nitrogens with zero attached hydrogens (tertiary/aromatic N) is 1. The normalized spacial score (nSPS) is 14.5. The first kappa shape index (κ1) is 12.4. The molecule has 1 aliphatic heterocycles. The largest absolute Gasteiger partial charge is 0.394 e. The first-order valence-electron chi connectivity index (χ1n) is 5.94. The highest BCUT2D eigenvalue weighted by Gasteiger charge is 2.27. The molecule has 0 unspecified atom stereocenters. The van der Waals surface area contributed by atoms with Gasteiger partial charge < -0.3 is 15.2 Å². The van der Waals surface area contributed by atoms with Gasteiger partial charge in [-0.1, -0.05) is 0 Å². The Balaban J connectivity index is 2.53. The molecule has 0 aliphatic carbocycles. The zero-order valence-electron chi connectivity index (χ0n) is 10.8. The van der Waals surface area contributed by atoms with Gasteiger partial charge in [-0.25, -0.2) is 0 Å². The molecule has 2 N–H and O–H groups in total. The number of nitrogens with one attached hydrogen (secondary N) is 2. The molecule has 96 valence electrons. The number of ketones is 1. The molecule has 1 aromatic heterocycles. The van der Waals surface area contributed by atoms with Gasteiger partial charge in [0.05, 0.1) is 0 Å². The number of hydrogen-bond donors (Lipinski definition) is 2. The van der Waals surface area contributed by atoms with Crippen molar-refractivity contribution >= 4 is 11.7 Å². The molecule has 0 saturated carbocycles. The number of fused-ring (bicyclic) bond motifs is 1. The molecule has 5 nitrogen and oxygen atoms in total. The van der Waals surface area contributed by atoms with Crippen molar-refractivity contribution in [3.63, 3.8) is 0 Å². The Bertz CT molecular complexity index is 541. The van der Waals surface area contributed by atoms with E-state index in [2.05, 4.69) is 10.6 Å². The molecule has 0 atom stereocenters. The van der Waals surface area contributed by atoms with Crippen molar-refractivity contribution in [1.29, 1.82) is 0 Å². The van der Waals surface area contributed by atoms with Crippen LogP contribution >= 0.6 is 0 Å². The highest BCUT2D eigenvalue weighted by atomic mass is 16.2. The second-order valence-corrected chi connectivity index (χ2v) is 4.33. The lowest BCUT2D eigenvalue weighted by atomic mass is 10.1. The minimum atomic E-state index is -0.0986. The van der Waals surface area contributed by atoms with E-state index in [-0.39, 0.29) is 11.7 Å². The predicted molar refractivity (Wildman–Crippen MR) is 68.8 cm³/mol. The van der Waals surface area contributed by atoms with Gasteiger partial charge in [0.2, 0.25) is 0 Å². The van der Waals surface area contributed by atoms with E-state index in [4.69, 9.17) is 0 Å². The quantitative estimate of drug-likeness (QED) is 0.612. The summed E-state index contributed by atoms with van der Waals surface area (Å²) >= 11 is 0. The molecule has 1 aromatic rings. The van der Waals surface area contributed by atoms with Gasteiger partial charge in [0, 0.05) is 43.7 Å². The molecular formula is C13H17N3O2. The zero-order valence-corrected chi connectivity index (χ0v) is 10.8. The average Bonchev–Trinajstić information content (AvgIpc) is 2.60. The van der Waals surface area contributed by atoms with Crippen LogP contribution in [0.1, 0.15) is 32.1 Å². The molecule has 0 spiro atoms. The van der Waals surface area contributed by atoms with Crippen LogP contribution in [0.25, 0.3) is 0 Å². The van der Waals surface area contributed by atoms with Gasteiger partial charge in [-0.05, 0) is 19.4 Å². The standard InChI is InChI=1S/C13H17N3O2/c1-8-11(10(17)4-5-14-3)9(2)16-7-6-15-13(18)12(8)16/h4-5,14H,6-7H2,1-3H3,(H,15,18)/b5-4+. The Morgan fingerprint density at radius 3 is 2.78 bits per heavy atom. The second kappa shape index (κ2) is 4.68. The van der Waals surface area contributed by atoms with Gasteiger partial charge in [-0.3, -0.25) is 9.59 Å². The van der Waals surface area contributed by atoms with Crippen molar-refractivity contribution in [2.24, 2.45) is 0 Å². The monoisotopic (exact) mass is 247 g/mol. The van der Waals surface area contributed by atoms with E-state index in [1.54, 1.807) is 13.2 Å². The van der Waals surface area contributed by atoms with Crippen molar-refractivity contribution in [3.05, 3.63) is 34.8 Å². The molecule has 1 aliphatic rings. The number of amides is 1. The summed E-state index contributed by atoms with van der Waals surface area (Å²) < 4.78 is 1.93. The van der Waals surface area contributed by atoms with E-state index < -0.39 is 0 Å². The zero-order chi connectivity index (χ0) is 13.3. The first-order valence-corrected chi connectivity index (χ1v) is 5.94. The van der Waals surface area contributed by atoms with Gasteiger partial charge in [-0.15, -0.1) is 0 Å². The van der Waals surface area contributed by atoms with Gasteiger partial charge in [-0.2, -0.15) is 0 Å². The van der Waals surface area contributed by atoms with Crippen LogP contribution in [-0.2, 0) is 6.54 Å². The van der Waals surface area contributed by atoms with E-state index in [1.165, 1.54) is 6.08 Å². The maximum absolute atomic E-state index is 12.1. The lowest BCUT2D eigenvalue weighted by Gasteiger charge is -2.17. The van der Waals surface area contributed by atoms with Crippen LogP contribution in [0.3, 0.4) is 0 Å². The highest BCUT2D eigenvalue weighted by Crippen LogP contribution is 2.24. The average molecular weight is 247 g/mol. The van der Waals surface area contributed by atoms with Crippen LogP contribution in [0.2, 0.25) is 0 Å². The Hall–Kier alpha value is -2.04. The number of aromatic nitrogens is 1. The topological polar surface area (TPSA) is 63.1 Å². The smallest absolute Gasteiger partial charge is 0.268 e. The Labute approximate surface area is 106 Å². The summed E-state index contributed by atoms with van der Waals surface area (Å²) in [6.45, 7) is 5.04. The maximum Gasteiger partial charge on any atom is 0.268 e. The molecule has 5 heteroatoms. The second-order valence-electron chi connectivity index (χ2n) is 4.33. The Kier molecular flexibility index (Phi) is 3.23. The van der Waals surface area contributed by atoms with Crippen molar-refractivity contribution in [3.8, 4) is 0 Å². The van der Waals surface area contributed by atoms with E-state index >= 15 is 0 Å². The lowest BCUT2D eigenvalue weighted by molar-refractivity contribution is 0.0926. The Morgan fingerprint density at radius 2 is 2.17 bits per heavy atom. The van der Waals surface area contributed by atoms with E-state index in [1.807, 2.05) is 18.4 Å². The minimum Gasteiger partial charge on any atom is -0.394 e. The molecule has 18 heavy (non-hydrogen) atoms. The van der Waals surface area contributed by atoms with E-state index in [0.717, 1.165) is 17.8 Å². The first-order chi connectivity index (χ1) is 8.57. The van der Waals surface area contributed by atoms with E-state index in [9.17, 15) is 9.59 Å². The number of carbonyl (C=O) groups is 2. The van der Waals surface area contributed by atoms with E-state index in [0.29, 0.717) is 17.8 Å². The molecular weight excluding hydrogens is 230 g/mol. The number of rotatable bonds is 3. The number of allylic oxidation sites excluding steroid dienone is 1. The highest BCUT2D eigenvalue weighted by molar-refractivity contribution is 6.09. The summed E-state index contributed by atoms with van der Waals surface area (Å²) in [6, 6.07) is 0.